The van der Waals surface area contributed by atoms with Gasteiger partial charge in [0.05, 0.1) is 0 Å². The number of hydrogen-bond donors (Lipinski definition) is 1. The van der Waals surface area contributed by atoms with E-state index in [1.54, 1.807) is 0 Å². The van der Waals surface area contributed by atoms with Crippen LogP contribution in [0.1, 0.15) is 33.9 Å². The van der Waals surface area contributed by atoms with E-state index >= 15 is 0 Å². The minimum Gasteiger partial charge on any atom is -0.313 e. The zero-order valence-electron chi connectivity index (χ0n) is 12.6. The molecule has 0 heterocycles. The number of nitrogens with one attached hydrogen (secondary N) is 1. The molecule has 1 N–H and O–H groups in total. The van der Waals surface area contributed by atoms with Gasteiger partial charge >= 0.3 is 0 Å². The minimum atomic E-state index is 0.341. The summed E-state index contributed by atoms with van der Waals surface area (Å²) < 4.78 is 1.14. The highest BCUT2D eigenvalue weighted by Gasteiger charge is 2.14. The van der Waals surface area contributed by atoms with Crippen LogP contribution in [0.3, 0.4) is 0 Å². The molecule has 0 fully saturated rings. The maximum atomic E-state index is 3.58. The van der Waals surface area contributed by atoms with Gasteiger partial charge in [-0.25, -0.2) is 0 Å². The molecule has 0 saturated carbocycles. The number of aryl methyl sites for hydroxylation is 3. The standard InChI is InChI=1S/C18H22BrN/c1-12-5-6-13(2)15(9-12)10-18(20-4)17-11-16(19)8-7-14(17)3/h5-9,11,18,20H,10H2,1-4H3. The molecule has 0 aromatic heterocycles. The summed E-state index contributed by atoms with van der Waals surface area (Å²) in [6, 6.07) is 13.5. The van der Waals surface area contributed by atoms with E-state index in [0.717, 1.165) is 10.9 Å². The van der Waals surface area contributed by atoms with Gasteiger partial charge in [-0.2, -0.15) is 0 Å². The Balaban J connectivity index is 2.33. The Labute approximate surface area is 130 Å². The number of benzene rings is 2. The highest BCUT2D eigenvalue weighted by atomic mass is 79.9. The van der Waals surface area contributed by atoms with Gasteiger partial charge < -0.3 is 5.32 Å². The Bertz CT molecular complexity index is 604. The highest BCUT2D eigenvalue weighted by Crippen LogP contribution is 2.26. The number of hydrogen-bond acceptors (Lipinski definition) is 1. The van der Waals surface area contributed by atoms with Crippen molar-refractivity contribution in [3.63, 3.8) is 0 Å². The molecule has 0 bridgehead atoms. The summed E-state index contributed by atoms with van der Waals surface area (Å²) in [7, 11) is 2.04. The summed E-state index contributed by atoms with van der Waals surface area (Å²) in [6.45, 7) is 6.52. The Kier molecular flexibility index (Phi) is 5.00. The fourth-order valence-electron chi connectivity index (χ4n) is 2.59. The molecular formula is C18H22BrN. The van der Waals surface area contributed by atoms with Crippen molar-refractivity contribution in [2.75, 3.05) is 7.05 Å². The van der Waals surface area contributed by atoms with Crippen molar-refractivity contribution in [3.05, 3.63) is 68.7 Å². The van der Waals surface area contributed by atoms with Crippen molar-refractivity contribution >= 4 is 15.9 Å². The fourth-order valence-corrected chi connectivity index (χ4v) is 2.97. The van der Waals surface area contributed by atoms with Gasteiger partial charge in [0.1, 0.15) is 0 Å². The number of likely N-dealkylation sites (N-methyl/N-ethyl adjacent to an activating group) is 1. The molecule has 0 radical (unpaired) electrons. The normalized spacial score (nSPS) is 12.4. The zero-order valence-corrected chi connectivity index (χ0v) is 14.2. The van der Waals surface area contributed by atoms with Gasteiger partial charge in [-0.15, -0.1) is 0 Å². The molecule has 0 aliphatic heterocycles. The van der Waals surface area contributed by atoms with E-state index in [2.05, 4.69) is 78.4 Å². The van der Waals surface area contributed by atoms with E-state index in [1.165, 1.54) is 27.8 Å². The second-order valence-corrected chi connectivity index (χ2v) is 6.39. The molecule has 2 aromatic rings. The molecule has 2 rings (SSSR count). The van der Waals surface area contributed by atoms with Crippen LogP contribution < -0.4 is 5.32 Å². The lowest BCUT2D eigenvalue weighted by Gasteiger charge is -2.20. The Hall–Kier alpha value is -1.12. The lowest BCUT2D eigenvalue weighted by molar-refractivity contribution is 0.587. The predicted octanol–water partition coefficient (Wildman–Crippen LogP) is 4.88. The summed E-state index contributed by atoms with van der Waals surface area (Å²) in [5, 5.41) is 3.46. The third-order valence-electron chi connectivity index (χ3n) is 3.89. The van der Waals surface area contributed by atoms with Crippen molar-refractivity contribution in [2.45, 2.75) is 33.2 Å². The van der Waals surface area contributed by atoms with Crippen LogP contribution in [0.25, 0.3) is 0 Å². The summed E-state index contributed by atoms with van der Waals surface area (Å²) in [5.74, 6) is 0. The molecule has 0 saturated heterocycles. The summed E-state index contributed by atoms with van der Waals surface area (Å²) >= 11 is 3.58. The topological polar surface area (TPSA) is 12.0 Å². The van der Waals surface area contributed by atoms with Gasteiger partial charge in [-0.05, 0) is 68.6 Å². The quantitative estimate of drug-likeness (QED) is 0.842. The van der Waals surface area contributed by atoms with Crippen molar-refractivity contribution in [1.29, 1.82) is 0 Å². The van der Waals surface area contributed by atoms with E-state index in [9.17, 15) is 0 Å². The average Bonchev–Trinajstić information content (AvgIpc) is 2.42. The third kappa shape index (κ3) is 3.50. The van der Waals surface area contributed by atoms with E-state index in [0.29, 0.717) is 6.04 Å². The second-order valence-electron chi connectivity index (χ2n) is 5.48. The Morgan fingerprint density at radius 1 is 1.00 bits per heavy atom. The van der Waals surface area contributed by atoms with Crippen LogP contribution in [0.15, 0.2) is 40.9 Å². The summed E-state index contributed by atoms with van der Waals surface area (Å²) in [5.41, 5.74) is 6.80. The smallest absolute Gasteiger partial charge is 0.0361 e. The SMILES string of the molecule is CNC(Cc1cc(C)ccc1C)c1cc(Br)ccc1C. The van der Waals surface area contributed by atoms with Crippen LogP contribution in [-0.4, -0.2) is 7.05 Å². The monoisotopic (exact) mass is 331 g/mol. The molecule has 106 valence electrons. The maximum Gasteiger partial charge on any atom is 0.0361 e. The third-order valence-corrected chi connectivity index (χ3v) is 4.39. The summed E-state index contributed by atoms with van der Waals surface area (Å²) in [4.78, 5) is 0. The largest absolute Gasteiger partial charge is 0.313 e. The van der Waals surface area contributed by atoms with Crippen molar-refractivity contribution in [3.8, 4) is 0 Å². The first-order valence-electron chi connectivity index (χ1n) is 7.00. The highest BCUT2D eigenvalue weighted by molar-refractivity contribution is 9.10. The van der Waals surface area contributed by atoms with Crippen molar-refractivity contribution < 1.29 is 0 Å². The minimum absolute atomic E-state index is 0.341. The van der Waals surface area contributed by atoms with Gasteiger partial charge in [-0.3, -0.25) is 0 Å². The van der Waals surface area contributed by atoms with E-state index < -0.39 is 0 Å². The van der Waals surface area contributed by atoms with Crippen LogP contribution in [0, 0.1) is 20.8 Å². The Morgan fingerprint density at radius 2 is 1.70 bits per heavy atom. The molecule has 20 heavy (non-hydrogen) atoms. The lowest BCUT2D eigenvalue weighted by Crippen LogP contribution is -2.20. The number of halogens is 1. The lowest BCUT2D eigenvalue weighted by atomic mass is 9.93. The Morgan fingerprint density at radius 3 is 2.40 bits per heavy atom. The molecule has 1 atom stereocenters. The molecule has 2 aromatic carbocycles. The van der Waals surface area contributed by atoms with Crippen LogP contribution >= 0.6 is 15.9 Å². The van der Waals surface area contributed by atoms with E-state index in [-0.39, 0.29) is 0 Å². The molecule has 0 aliphatic rings. The maximum absolute atomic E-state index is 3.58. The first kappa shape index (κ1) is 15.3. The first-order chi connectivity index (χ1) is 9.51. The van der Waals surface area contributed by atoms with E-state index in [4.69, 9.17) is 0 Å². The molecule has 1 unspecified atom stereocenters. The van der Waals surface area contributed by atoms with Crippen molar-refractivity contribution in [2.24, 2.45) is 0 Å². The van der Waals surface area contributed by atoms with Gasteiger partial charge in [0.2, 0.25) is 0 Å². The van der Waals surface area contributed by atoms with Crippen LogP contribution in [-0.2, 0) is 6.42 Å². The zero-order chi connectivity index (χ0) is 14.7. The van der Waals surface area contributed by atoms with Gasteiger partial charge in [0, 0.05) is 10.5 Å². The van der Waals surface area contributed by atoms with Gasteiger partial charge in [-0.1, -0.05) is 45.8 Å². The van der Waals surface area contributed by atoms with Crippen LogP contribution in [0.5, 0.6) is 0 Å². The van der Waals surface area contributed by atoms with Crippen LogP contribution in [0.2, 0.25) is 0 Å². The average molecular weight is 332 g/mol. The molecule has 0 spiro atoms. The summed E-state index contributed by atoms with van der Waals surface area (Å²) in [6.07, 6.45) is 1.02. The molecular weight excluding hydrogens is 310 g/mol. The van der Waals surface area contributed by atoms with Gasteiger partial charge in [0.25, 0.3) is 0 Å². The molecule has 2 heteroatoms. The fraction of sp³-hybridized carbons (Fsp3) is 0.333. The number of rotatable bonds is 4. The molecule has 1 nitrogen and oxygen atoms in total. The first-order valence-corrected chi connectivity index (χ1v) is 7.80. The van der Waals surface area contributed by atoms with Crippen LogP contribution in [0.4, 0.5) is 0 Å². The predicted molar refractivity (Wildman–Crippen MR) is 90.3 cm³/mol. The van der Waals surface area contributed by atoms with E-state index in [1.807, 2.05) is 7.05 Å². The molecule has 0 amide bonds. The molecule has 0 aliphatic carbocycles. The van der Waals surface area contributed by atoms with Crippen molar-refractivity contribution in [1.82, 2.24) is 5.32 Å². The second kappa shape index (κ2) is 6.55. The van der Waals surface area contributed by atoms with Gasteiger partial charge in [0.15, 0.2) is 0 Å².